The molecule has 2 rings (SSSR count). The van der Waals surface area contributed by atoms with Crippen LogP contribution in [0.4, 0.5) is 0 Å². The summed E-state index contributed by atoms with van der Waals surface area (Å²) in [4.78, 5) is 11.0. The molecular formula is C11H12O4. The number of carboxylic acids is 1. The Hall–Kier alpha value is -1.71. The predicted molar refractivity (Wildman–Crippen MR) is 53.4 cm³/mol. The topological polar surface area (TPSA) is 55.8 Å². The second-order valence-electron chi connectivity index (χ2n) is 3.59. The van der Waals surface area contributed by atoms with Crippen molar-refractivity contribution in [2.75, 3.05) is 6.79 Å². The number of fused-ring (bicyclic) bond motifs is 1. The van der Waals surface area contributed by atoms with Crippen LogP contribution in [0, 0.1) is 6.92 Å². The molecule has 0 aromatic heterocycles. The van der Waals surface area contributed by atoms with Gasteiger partial charge in [0.25, 0.3) is 0 Å². The number of aliphatic carboxylic acids is 1. The first-order valence-corrected chi connectivity index (χ1v) is 4.73. The number of benzene rings is 1. The van der Waals surface area contributed by atoms with Crippen LogP contribution in [-0.4, -0.2) is 17.9 Å². The first kappa shape index (κ1) is 9.83. The number of carboxylic acid groups (broad SMARTS) is 1. The zero-order valence-electron chi connectivity index (χ0n) is 8.61. The molecule has 1 atom stereocenters. The predicted octanol–water partition coefficient (Wildman–Crippen LogP) is 1.91. The molecule has 4 nitrogen and oxygen atoms in total. The molecule has 1 heterocycles. The van der Waals surface area contributed by atoms with Crippen LogP contribution < -0.4 is 9.47 Å². The lowest BCUT2D eigenvalue weighted by Crippen LogP contribution is -2.10. The van der Waals surface area contributed by atoms with Gasteiger partial charge in [0.2, 0.25) is 6.79 Å². The van der Waals surface area contributed by atoms with Gasteiger partial charge in [-0.05, 0) is 25.5 Å². The molecular weight excluding hydrogens is 196 g/mol. The minimum absolute atomic E-state index is 0.165. The molecule has 0 spiro atoms. The molecule has 15 heavy (non-hydrogen) atoms. The summed E-state index contributed by atoms with van der Waals surface area (Å²) in [6.45, 7) is 3.68. The minimum atomic E-state index is -0.859. The van der Waals surface area contributed by atoms with Gasteiger partial charge in [0, 0.05) is 5.56 Å². The van der Waals surface area contributed by atoms with Gasteiger partial charge in [-0.2, -0.15) is 0 Å². The summed E-state index contributed by atoms with van der Waals surface area (Å²) in [6, 6.07) is 3.65. The van der Waals surface area contributed by atoms with E-state index in [1.165, 1.54) is 0 Å². The van der Waals surface area contributed by atoms with Crippen LogP contribution in [0.2, 0.25) is 0 Å². The van der Waals surface area contributed by atoms with E-state index in [1.807, 2.05) is 13.0 Å². The second-order valence-corrected chi connectivity index (χ2v) is 3.59. The smallest absolute Gasteiger partial charge is 0.310 e. The lowest BCUT2D eigenvalue weighted by Gasteiger charge is -2.12. The Morgan fingerprint density at radius 3 is 2.87 bits per heavy atom. The van der Waals surface area contributed by atoms with Crippen LogP contribution in [0.3, 0.4) is 0 Å². The molecule has 0 radical (unpaired) electrons. The molecule has 0 aliphatic carbocycles. The van der Waals surface area contributed by atoms with Crippen molar-refractivity contribution in [3.63, 3.8) is 0 Å². The fourth-order valence-corrected chi connectivity index (χ4v) is 1.75. The molecule has 0 saturated heterocycles. The highest BCUT2D eigenvalue weighted by molar-refractivity contribution is 5.78. The maximum Gasteiger partial charge on any atom is 0.310 e. The van der Waals surface area contributed by atoms with Gasteiger partial charge in [-0.15, -0.1) is 0 Å². The largest absolute Gasteiger partial charge is 0.481 e. The van der Waals surface area contributed by atoms with Crippen molar-refractivity contribution in [1.29, 1.82) is 0 Å². The Bertz CT molecular complexity index is 411. The lowest BCUT2D eigenvalue weighted by molar-refractivity contribution is -0.138. The third kappa shape index (κ3) is 1.52. The van der Waals surface area contributed by atoms with Crippen molar-refractivity contribution in [2.24, 2.45) is 0 Å². The summed E-state index contributed by atoms with van der Waals surface area (Å²) in [5, 5.41) is 8.99. The Morgan fingerprint density at radius 2 is 2.20 bits per heavy atom. The van der Waals surface area contributed by atoms with E-state index in [9.17, 15) is 4.79 Å². The zero-order chi connectivity index (χ0) is 11.0. The second kappa shape index (κ2) is 3.46. The van der Waals surface area contributed by atoms with E-state index in [2.05, 4.69) is 0 Å². The normalized spacial score (nSPS) is 15.1. The van der Waals surface area contributed by atoms with E-state index in [1.54, 1.807) is 13.0 Å². The summed E-state index contributed by atoms with van der Waals surface area (Å²) >= 11 is 0. The Labute approximate surface area is 87.4 Å². The van der Waals surface area contributed by atoms with Gasteiger partial charge in [-0.3, -0.25) is 4.79 Å². The van der Waals surface area contributed by atoms with Crippen molar-refractivity contribution in [3.8, 4) is 11.5 Å². The van der Waals surface area contributed by atoms with E-state index in [4.69, 9.17) is 14.6 Å². The molecule has 80 valence electrons. The number of carbonyl (C=O) groups is 1. The van der Waals surface area contributed by atoms with Gasteiger partial charge in [0.1, 0.15) is 0 Å². The highest BCUT2D eigenvalue weighted by atomic mass is 16.7. The number of ether oxygens (including phenoxy) is 2. The number of aryl methyl sites for hydroxylation is 1. The number of hydrogen-bond acceptors (Lipinski definition) is 3. The Balaban J connectivity index is 2.54. The standard InChI is InChI=1S/C11H12O4/c1-6-3-4-8-10(15-5-14-8)9(6)7(2)11(12)13/h3-4,7H,5H2,1-2H3,(H,12,13). The van der Waals surface area contributed by atoms with Gasteiger partial charge in [-0.1, -0.05) is 6.07 Å². The van der Waals surface area contributed by atoms with E-state index in [-0.39, 0.29) is 6.79 Å². The zero-order valence-corrected chi connectivity index (χ0v) is 8.61. The van der Waals surface area contributed by atoms with Crippen molar-refractivity contribution < 1.29 is 19.4 Å². The molecule has 0 bridgehead atoms. The maximum atomic E-state index is 11.0. The highest BCUT2D eigenvalue weighted by Gasteiger charge is 2.26. The molecule has 0 saturated carbocycles. The van der Waals surface area contributed by atoms with Gasteiger partial charge >= 0.3 is 5.97 Å². The summed E-state index contributed by atoms with van der Waals surface area (Å²) < 4.78 is 10.5. The van der Waals surface area contributed by atoms with E-state index in [0.29, 0.717) is 17.1 Å². The van der Waals surface area contributed by atoms with Crippen molar-refractivity contribution in [1.82, 2.24) is 0 Å². The van der Waals surface area contributed by atoms with Crippen LogP contribution in [0.25, 0.3) is 0 Å². The first-order chi connectivity index (χ1) is 7.11. The number of hydrogen-bond donors (Lipinski definition) is 1. The average molecular weight is 208 g/mol. The van der Waals surface area contributed by atoms with Gasteiger partial charge in [0.05, 0.1) is 5.92 Å². The summed E-state index contributed by atoms with van der Waals surface area (Å²) in [7, 11) is 0. The van der Waals surface area contributed by atoms with Gasteiger partial charge < -0.3 is 14.6 Å². The number of rotatable bonds is 2. The molecule has 4 heteroatoms. The molecule has 1 aromatic rings. The molecule has 1 aliphatic heterocycles. The van der Waals surface area contributed by atoms with Crippen LogP contribution in [0.15, 0.2) is 12.1 Å². The van der Waals surface area contributed by atoms with Crippen LogP contribution in [0.1, 0.15) is 24.0 Å². The fourth-order valence-electron chi connectivity index (χ4n) is 1.75. The Morgan fingerprint density at radius 1 is 1.47 bits per heavy atom. The van der Waals surface area contributed by atoms with Gasteiger partial charge in [0.15, 0.2) is 11.5 Å². The molecule has 0 fully saturated rings. The summed E-state index contributed by atoms with van der Waals surface area (Å²) in [5.74, 6) is -0.239. The van der Waals surface area contributed by atoms with Crippen molar-refractivity contribution in [2.45, 2.75) is 19.8 Å². The fraction of sp³-hybridized carbons (Fsp3) is 0.364. The molecule has 1 aliphatic rings. The van der Waals surface area contributed by atoms with Crippen molar-refractivity contribution >= 4 is 5.97 Å². The molecule has 1 aromatic carbocycles. The van der Waals surface area contributed by atoms with E-state index >= 15 is 0 Å². The van der Waals surface area contributed by atoms with Crippen molar-refractivity contribution in [3.05, 3.63) is 23.3 Å². The van der Waals surface area contributed by atoms with Crippen LogP contribution in [-0.2, 0) is 4.79 Å². The molecule has 1 unspecified atom stereocenters. The minimum Gasteiger partial charge on any atom is -0.481 e. The van der Waals surface area contributed by atoms with Crippen LogP contribution >= 0.6 is 0 Å². The maximum absolute atomic E-state index is 11.0. The highest BCUT2D eigenvalue weighted by Crippen LogP contribution is 2.41. The average Bonchev–Trinajstić information content (AvgIpc) is 2.64. The van der Waals surface area contributed by atoms with Gasteiger partial charge in [-0.25, -0.2) is 0 Å². The third-order valence-corrected chi connectivity index (χ3v) is 2.60. The van der Waals surface area contributed by atoms with E-state index in [0.717, 1.165) is 5.56 Å². The lowest BCUT2D eigenvalue weighted by atomic mass is 9.95. The summed E-state index contributed by atoms with van der Waals surface area (Å²) in [6.07, 6.45) is 0. The van der Waals surface area contributed by atoms with E-state index < -0.39 is 11.9 Å². The molecule has 1 N–H and O–H groups in total. The third-order valence-electron chi connectivity index (χ3n) is 2.60. The monoisotopic (exact) mass is 208 g/mol. The quantitative estimate of drug-likeness (QED) is 0.806. The SMILES string of the molecule is Cc1ccc2c(c1C(C)C(=O)O)OCO2. The first-order valence-electron chi connectivity index (χ1n) is 4.73. The summed E-state index contributed by atoms with van der Waals surface area (Å²) in [5.41, 5.74) is 1.62. The van der Waals surface area contributed by atoms with Crippen LogP contribution in [0.5, 0.6) is 11.5 Å². The molecule has 0 amide bonds. The Kier molecular flexibility index (Phi) is 2.26.